The van der Waals surface area contributed by atoms with Crippen LogP contribution in [0.5, 0.6) is 5.88 Å². The Morgan fingerprint density at radius 3 is 2.89 bits per heavy atom. The lowest BCUT2D eigenvalue weighted by atomic mass is 10.2. The molecule has 0 radical (unpaired) electrons. The summed E-state index contributed by atoms with van der Waals surface area (Å²) in [6.07, 6.45) is 2.09. The van der Waals surface area contributed by atoms with Crippen molar-refractivity contribution < 1.29 is 4.74 Å². The van der Waals surface area contributed by atoms with Crippen molar-refractivity contribution in [2.75, 3.05) is 13.7 Å². The molecule has 1 atom stereocenters. The minimum Gasteiger partial charge on any atom is -0.481 e. The quantitative estimate of drug-likeness (QED) is 0.866. The van der Waals surface area contributed by atoms with Crippen molar-refractivity contribution in [1.29, 1.82) is 0 Å². The Balaban J connectivity index is 2.16. The maximum atomic E-state index is 5.16. The van der Waals surface area contributed by atoms with Crippen LogP contribution in [0.1, 0.15) is 31.3 Å². The summed E-state index contributed by atoms with van der Waals surface area (Å²) in [5, 5.41) is 3.43. The summed E-state index contributed by atoms with van der Waals surface area (Å²) in [5.74, 6) is 0.658. The van der Waals surface area contributed by atoms with Crippen LogP contribution in [-0.2, 0) is 6.54 Å². The van der Waals surface area contributed by atoms with Crippen molar-refractivity contribution in [3.8, 4) is 5.88 Å². The molecule has 0 saturated carbocycles. The van der Waals surface area contributed by atoms with E-state index in [0.29, 0.717) is 11.9 Å². The summed E-state index contributed by atoms with van der Waals surface area (Å²) in [7, 11) is 1.64. The largest absolute Gasteiger partial charge is 0.481 e. The first-order valence-electron chi connectivity index (χ1n) is 6.63. The van der Waals surface area contributed by atoms with Gasteiger partial charge in [0.2, 0.25) is 5.88 Å². The first-order chi connectivity index (χ1) is 9.24. The number of ether oxygens (including phenoxy) is 1. The molecule has 0 saturated heterocycles. The Labute approximate surface area is 114 Å². The van der Waals surface area contributed by atoms with Crippen LogP contribution in [0.3, 0.4) is 0 Å². The molecule has 0 aliphatic heterocycles. The normalized spacial score (nSPS) is 12.4. The van der Waals surface area contributed by atoms with E-state index in [1.54, 1.807) is 7.11 Å². The highest BCUT2D eigenvalue weighted by molar-refractivity contribution is 5.18. The molecule has 2 rings (SSSR count). The molecule has 4 nitrogen and oxygen atoms in total. The molecule has 0 bridgehead atoms. The number of hydrogen-bond donors (Lipinski definition) is 1. The van der Waals surface area contributed by atoms with Gasteiger partial charge in [0.15, 0.2) is 0 Å². The van der Waals surface area contributed by atoms with Gasteiger partial charge < -0.3 is 14.6 Å². The lowest BCUT2D eigenvalue weighted by Crippen LogP contribution is -2.21. The fourth-order valence-electron chi connectivity index (χ4n) is 2.21. The van der Waals surface area contributed by atoms with E-state index in [-0.39, 0.29) is 0 Å². The van der Waals surface area contributed by atoms with E-state index in [0.717, 1.165) is 18.8 Å². The zero-order valence-electron chi connectivity index (χ0n) is 11.8. The van der Waals surface area contributed by atoms with E-state index in [1.807, 2.05) is 18.2 Å². The number of hydrogen-bond acceptors (Lipinski definition) is 3. The minimum atomic E-state index is 0.339. The SMILES string of the molecule is CCNC(C)c1cccn1Cc1cccc(OC)n1. The number of rotatable bonds is 6. The number of methoxy groups -OCH3 is 1. The highest BCUT2D eigenvalue weighted by Crippen LogP contribution is 2.15. The van der Waals surface area contributed by atoms with E-state index < -0.39 is 0 Å². The molecule has 0 aromatic carbocycles. The summed E-state index contributed by atoms with van der Waals surface area (Å²) in [5.41, 5.74) is 2.27. The minimum absolute atomic E-state index is 0.339. The predicted molar refractivity (Wildman–Crippen MR) is 76.4 cm³/mol. The van der Waals surface area contributed by atoms with Crippen LogP contribution in [0, 0.1) is 0 Å². The molecule has 0 aliphatic rings. The lowest BCUT2D eigenvalue weighted by Gasteiger charge is -2.16. The van der Waals surface area contributed by atoms with Crippen LogP contribution in [0.4, 0.5) is 0 Å². The number of nitrogens with one attached hydrogen (secondary N) is 1. The second-order valence-electron chi connectivity index (χ2n) is 4.51. The van der Waals surface area contributed by atoms with Crippen molar-refractivity contribution in [2.24, 2.45) is 0 Å². The third-order valence-electron chi connectivity index (χ3n) is 3.14. The fraction of sp³-hybridized carbons (Fsp3) is 0.400. The van der Waals surface area contributed by atoms with Crippen molar-refractivity contribution in [1.82, 2.24) is 14.9 Å². The van der Waals surface area contributed by atoms with Gasteiger partial charge in [-0.3, -0.25) is 0 Å². The molecule has 102 valence electrons. The standard InChI is InChI=1S/C15H21N3O/c1-4-16-12(2)14-8-6-10-18(14)11-13-7-5-9-15(17-13)19-3/h5-10,12,16H,4,11H2,1-3H3. The molecule has 1 N–H and O–H groups in total. The molecule has 2 aromatic heterocycles. The molecule has 19 heavy (non-hydrogen) atoms. The van der Waals surface area contributed by atoms with Crippen molar-refractivity contribution >= 4 is 0 Å². The van der Waals surface area contributed by atoms with Crippen molar-refractivity contribution in [2.45, 2.75) is 26.4 Å². The Morgan fingerprint density at radius 1 is 1.32 bits per heavy atom. The lowest BCUT2D eigenvalue weighted by molar-refractivity contribution is 0.395. The highest BCUT2D eigenvalue weighted by atomic mass is 16.5. The van der Waals surface area contributed by atoms with Gasteiger partial charge in [0.25, 0.3) is 0 Å². The van der Waals surface area contributed by atoms with Crippen LogP contribution < -0.4 is 10.1 Å². The zero-order chi connectivity index (χ0) is 13.7. The van der Waals surface area contributed by atoms with Gasteiger partial charge in [-0.05, 0) is 31.7 Å². The van der Waals surface area contributed by atoms with E-state index >= 15 is 0 Å². The third kappa shape index (κ3) is 3.35. The zero-order valence-corrected chi connectivity index (χ0v) is 11.8. The number of aromatic nitrogens is 2. The Hall–Kier alpha value is -1.81. The maximum Gasteiger partial charge on any atom is 0.213 e. The molecule has 0 aliphatic carbocycles. The first kappa shape index (κ1) is 13.6. The second-order valence-corrected chi connectivity index (χ2v) is 4.51. The summed E-state index contributed by atoms with van der Waals surface area (Å²) < 4.78 is 7.37. The molecule has 0 amide bonds. The van der Waals surface area contributed by atoms with E-state index in [1.165, 1.54) is 5.69 Å². The molecular weight excluding hydrogens is 238 g/mol. The average Bonchev–Trinajstić information content (AvgIpc) is 2.87. The first-order valence-corrected chi connectivity index (χ1v) is 6.63. The predicted octanol–water partition coefficient (Wildman–Crippen LogP) is 2.61. The Bertz CT molecular complexity index is 522. The molecule has 2 heterocycles. The summed E-state index contributed by atoms with van der Waals surface area (Å²) in [6, 6.07) is 10.4. The van der Waals surface area contributed by atoms with Crippen LogP contribution >= 0.6 is 0 Å². The highest BCUT2D eigenvalue weighted by Gasteiger charge is 2.09. The van der Waals surface area contributed by atoms with Gasteiger partial charge in [-0.1, -0.05) is 13.0 Å². The summed E-state index contributed by atoms with van der Waals surface area (Å²) >= 11 is 0. The van der Waals surface area contributed by atoms with Gasteiger partial charge in [-0.2, -0.15) is 0 Å². The summed E-state index contributed by atoms with van der Waals surface area (Å²) in [6.45, 7) is 6.01. The Kier molecular flexibility index (Phi) is 4.58. The van der Waals surface area contributed by atoms with E-state index in [4.69, 9.17) is 4.74 Å². The number of pyridine rings is 1. The van der Waals surface area contributed by atoms with Gasteiger partial charge in [0, 0.05) is 24.0 Å². The topological polar surface area (TPSA) is 39.1 Å². The molecule has 1 unspecified atom stereocenters. The van der Waals surface area contributed by atoms with Gasteiger partial charge in [0.1, 0.15) is 0 Å². The second kappa shape index (κ2) is 6.38. The van der Waals surface area contributed by atoms with E-state index in [9.17, 15) is 0 Å². The van der Waals surface area contributed by atoms with Crippen LogP contribution in [0.25, 0.3) is 0 Å². The van der Waals surface area contributed by atoms with Gasteiger partial charge in [-0.25, -0.2) is 4.98 Å². The molecule has 2 aromatic rings. The smallest absolute Gasteiger partial charge is 0.213 e. The van der Waals surface area contributed by atoms with Gasteiger partial charge in [-0.15, -0.1) is 0 Å². The van der Waals surface area contributed by atoms with Crippen LogP contribution in [-0.4, -0.2) is 23.2 Å². The Morgan fingerprint density at radius 2 is 2.16 bits per heavy atom. The molecule has 4 heteroatoms. The number of nitrogens with zero attached hydrogens (tertiary/aromatic N) is 2. The molecule has 0 fully saturated rings. The molecular formula is C15H21N3O. The monoisotopic (exact) mass is 259 g/mol. The fourth-order valence-corrected chi connectivity index (χ4v) is 2.21. The van der Waals surface area contributed by atoms with Crippen LogP contribution in [0.2, 0.25) is 0 Å². The average molecular weight is 259 g/mol. The molecule has 0 spiro atoms. The van der Waals surface area contributed by atoms with Crippen molar-refractivity contribution in [3.05, 3.63) is 47.9 Å². The van der Waals surface area contributed by atoms with Gasteiger partial charge in [0.05, 0.1) is 19.3 Å². The van der Waals surface area contributed by atoms with Crippen LogP contribution in [0.15, 0.2) is 36.5 Å². The van der Waals surface area contributed by atoms with Gasteiger partial charge >= 0.3 is 0 Å². The third-order valence-corrected chi connectivity index (χ3v) is 3.14. The maximum absolute atomic E-state index is 5.16. The summed E-state index contributed by atoms with van der Waals surface area (Å²) in [4.78, 5) is 4.45. The van der Waals surface area contributed by atoms with Crippen molar-refractivity contribution in [3.63, 3.8) is 0 Å². The van der Waals surface area contributed by atoms with E-state index in [2.05, 4.69) is 47.0 Å².